The van der Waals surface area contributed by atoms with E-state index in [4.69, 9.17) is 5.73 Å². The normalized spacial score (nSPS) is 15.5. The number of para-hydroxylation sites is 1. The van der Waals surface area contributed by atoms with Crippen LogP contribution in [-0.4, -0.2) is 33.9 Å². The summed E-state index contributed by atoms with van der Waals surface area (Å²) in [5, 5.41) is 13.2. The largest absolute Gasteiger partial charge is 0.481 e. The molecule has 30 heavy (non-hydrogen) atoms. The van der Waals surface area contributed by atoms with Crippen molar-refractivity contribution in [3.63, 3.8) is 0 Å². The van der Waals surface area contributed by atoms with Crippen molar-refractivity contribution < 1.29 is 19.5 Å². The summed E-state index contributed by atoms with van der Waals surface area (Å²) in [6, 6.07) is 14.3. The molecule has 2 amide bonds. The van der Waals surface area contributed by atoms with Crippen LogP contribution < -0.4 is 11.1 Å². The molecule has 3 aromatic rings. The number of primary amides is 1. The average molecular weight is 405 g/mol. The Morgan fingerprint density at radius 1 is 1.07 bits per heavy atom. The van der Waals surface area contributed by atoms with Crippen LogP contribution in [-0.2, 0) is 33.6 Å². The standard InChI is InChI=1S/C23H23N3O4/c24-21(29)19(9-16-13-25-18-8-4-3-7-17(16)18)26-22(30)23(12-20(27)28)10-14-5-1-2-6-15(14)11-23/h1-8,13,19,25H,9-12H2,(H2,24,29)(H,26,30)(H,27,28)/t19-/m0/s1. The number of H-pyrrole nitrogens is 1. The van der Waals surface area contributed by atoms with Crippen LogP contribution in [0.4, 0.5) is 0 Å². The Balaban J connectivity index is 1.58. The second-order valence-corrected chi connectivity index (χ2v) is 7.97. The van der Waals surface area contributed by atoms with E-state index in [0.29, 0.717) is 12.8 Å². The van der Waals surface area contributed by atoms with Gasteiger partial charge in [0.15, 0.2) is 0 Å². The predicted molar refractivity (Wildman–Crippen MR) is 112 cm³/mol. The highest BCUT2D eigenvalue weighted by Crippen LogP contribution is 2.40. The number of carboxylic acid groups (broad SMARTS) is 1. The van der Waals surface area contributed by atoms with Crippen LogP contribution in [0.25, 0.3) is 10.9 Å². The lowest BCUT2D eigenvalue weighted by atomic mass is 9.80. The van der Waals surface area contributed by atoms with Crippen LogP contribution in [0.5, 0.6) is 0 Å². The summed E-state index contributed by atoms with van der Waals surface area (Å²) in [6.07, 6.45) is 2.35. The highest BCUT2D eigenvalue weighted by molar-refractivity contribution is 5.93. The number of nitrogens with two attached hydrogens (primary N) is 1. The Morgan fingerprint density at radius 2 is 1.70 bits per heavy atom. The lowest BCUT2D eigenvalue weighted by Crippen LogP contribution is -2.52. The van der Waals surface area contributed by atoms with E-state index in [1.54, 1.807) is 6.20 Å². The molecule has 7 heteroatoms. The Labute approximate surface area is 173 Å². The molecule has 0 spiro atoms. The van der Waals surface area contributed by atoms with Gasteiger partial charge in [-0.2, -0.15) is 0 Å². The Morgan fingerprint density at radius 3 is 2.33 bits per heavy atom. The molecule has 0 unspecified atom stereocenters. The van der Waals surface area contributed by atoms with Crippen molar-refractivity contribution in [3.8, 4) is 0 Å². The minimum Gasteiger partial charge on any atom is -0.481 e. The van der Waals surface area contributed by atoms with Crippen molar-refractivity contribution in [2.24, 2.45) is 11.1 Å². The third-order valence-corrected chi connectivity index (χ3v) is 5.90. The number of carbonyl (C=O) groups is 3. The fourth-order valence-corrected chi connectivity index (χ4v) is 4.40. The third kappa shape index (κ3) is 3.66. The van der Waals surface area contributed by atoms with Crippen molar-refractivity contribution >= 4 is 28.7 Å². The fourth-order valence-electron chi connectivity index (χ4n) is 4.40. The number of aromatic amines is 1. The van der Waals surface area contributed by atoms with Crippen LogP contribution in [0, 0.1) is 5.41 Å². The number of carboxylic acids is 1. The van der Waals surface area contributed by atoms with Gasteiger partial charge in [0.05, 0.1) is 11.8 Å². The Kier molecular flexibility index (Phi) is 5.03. The van der Waals surface area contributed by atoms with E-state index in [9.17, 15) is 19.5 Å². The Hall–Kier alpha value is -3.61. The number of hydrogen-bond acceptors (Lipinski definition) is 3. The molecule has 1 aliphatic rings. The lowest BCUT2D eigenvalue weighted by molar-refractivity contribution is -0.145. The SMILES string of the molecule is NC(=O)[C@H](Cc1c[nH]c2ccccc12)NC(=O)C1(CC(=O)O)Cc2ccccc2C1. The number of nitrogens with one attached hydrogen (secondary N) is 2. The molecule has 1 atom stereocenters. The zero-order valence-corrected chi connectivity index (χ0v) is 16.4. The number of hydrogen-bond donors (Lipinski definition) is 4. The summed E-state index contributed by atoms with van der Waals surface area (Å²) in [5.41, 5.74) is 8.16. The van der Waals surface area contributed by atoms with Crippen LogP contribution >= 0.6 is 0 Å². The first kappa shape index (κ1) is 19.7. The van der Waals surface area contributed by atoms with Gasteiger partial charge in [0.2, 0.25) is 11.8 Å². The molecular formula is C23H23N3O4. The van der Waals surface area contributed by atoms with Gasteiger partial charge >= 0.3 is 5.97 Å². The van der Waals surface area contributed by atoms with Crippen molar-refractivity contribution in [1.82, 2.24) is 10.3 Å². The molecule has 5 N–H and O–H groups in total. The number of aliphatic carboxylic acids is 1. The molecule has 1 aliphatic carbocycles. The van der Waals surface area contributed by atoms with Gasteiger partial charge in [-0.3, -0.25) is 14.4 Å². The molecule has 154 valence electrons. The maximum Gasteiger partial charge on any atom is 0.304 e. The number of carbonyl (C=O) groups excluding carboxylic acids is 2. The summed E-state index contributed by atoms with van der Waals surface area (Å²) in [4.78, 5) is 40.1. The van der Waals surface area contributed by atoms with Gasteiger partial charge in [0.1, 0.15) is 6.04 Å². The smallest absolute Gasteiger partial charge is 0.304 e. The molecule has 0 saturated carbocycles. The van der Waals surface area contributed by atoms with E-state index in [0.717, 1.165) is 27.6 Å². The molecule has 1 aromatic heterocycles. The monoisotopic (exact) mass is 405 g/mol. The lowest BCUT2D eigenvalue weighted by Gasteiger charge is -2.28. The van der Waals surface area contributed by atoms with Gasteiger partial charge in [-0.05, 0) is 35.6 Å². The van der Waals surface area contributed by atoms with E-state index in [2.05, 4.69) is 10.3 Å². The summed E-state index contributed by atoms with van der Waals surface area (Å²) in [5.74, 6) is -2.16. The molecule has 1 heterocycles. The summed E-state index contributed by atoms with van der Waals surface area (Å²) >= 11 is 0. The molecule has 0 aliphatic heterocycles. The first-order chi connectivity index (χ1) is 14.4. The highest BCUT2D eigenvalue weighted by atomic mass is 16.4. The van der Waals surface area contributed by atoms with E-state index in [1.165, 1.54) is 0 Å². The van der Waals surface area contributed by atoms with Gasteiger partial charge in [0.25, 0.3) is 0 Å². The van der Waals surface area contributed by atoms with E-state index >= 15 is 0 Å². The second kappa shape index (κ2) is 7.67. The van der Waals surface area contributed by atoms with Crippen molar-refractivity contribution in [2.75, 3.05) is 0 Å². The molecule has 7 nitrogen and oxygen atoms in total. The zero-order chi connectivity index (χ0) is 21.3. The van der Waals surface area contributed by atoms with Gasteiger partial charge < -0.3 is 21.1 Å². The number of aromatic nitrogens is 1. The van der Waals surface area contributed by atoms with Crippen molar-refractivity contribution in [2.45, 2.75) is 31.7 Å². The van der Waals surface area contributed by atoms with Gasteiger partial charge in [-0.25, -0.2) is 0 Å². The maximum absolute atomic E-state index is 13.3. The Bertz CT molecular complexity index is 1110. The first-order valence-corrected chi connectivity index (χ1v) is 9.82. The van der Waals surface area contributed by atoms with E-state index in [1.807, 2.05) is 48.5 Å². The summed E-state index contributed by atoms with van der Waals surface area (Å²) in [7, 11) is 0. The molecule has 2 aromatic carbocycles. The quantitative estimate of drug-likeness (QED) is 0.479. The molecular weight excluding hydrogens is 382 g/mol. The van der Waals surface area contributed by atoms with Crippen molar-refractivity contribution in [3.05, 3.63) is 71.4 Å². The predicted octanol–water partition coefficient (Wildman–Crippen LogP) is 1.94. The number of benzene rings is 2. The summed E-state index contributed by atoms with van der Waals surface area (Å²) in [6.45, 7) is 0. The first-order valence-electron chi connectivity index (χ1n) is 9.82. The van der Waals surface area contributed by atoms with Crippen molar-refractivity contribution in [1.29, 1.82) is 0 Å². The molecule has 0 radical (unpaired) electrons. The minimum absolute atomic E-state index is 0.223. The van der Waals surface area contributed by atoms with Crippen LogP contribution in [0.3, 0.4) is 0 Å². The van der Waals surface area contributed by atoms with E-state index in [-0.39, 0.29) is 12.8 Å². The maximum atomic E-state index is 13.3. The number of rotatable bonds is 7. The van der Waals surface area contributed by atoms with Crippen LogP contribution in [0.1, 0.15) is 23.1 Å². The fraction of sp³-hybridized carbons (Fsp3) is 0.261. The second-order valence-electron chi connectivity index (χ2n) is 7.97. The van der Waals surface area contributed by atoms with Crippen LogP contribution in [0.2, 0.25) is 0 Å². The molecule has 0 saturated heterocycles. The van der Waals surface area contributed by atoms with Gasteiger partial charge in [-0.15, -0.1) is 0 Å². The van der Waals surface area contributed by atoms with E-state index < -0.39 is 29.2 Å². The van der Waals surface area contributed by atoms with Crippen LogP contribution in [0.15, 0.2) is 54.7 Å². The minimum atomic E-state index is -1.14. The summed E-state index contributed by atoms with van der Waals surface area (Å²) < 4.78 is 0. The topological polar surface area (TPSA) is 125 Å². The third-order valence-electron chi connectivity index (χ3n) is 5.90. The molecule has 4 rings (SSSR count). The number of amides is 2. The molecule has 0 fully saturated rings. The zero-order valence-electron chi connectivity index (χ0n) is 16.4. The molecule has 0 bridgehead atoms. The van der Waals surface area contributed by atoms with Gasteiger partial charge in [0, 0.05) is 23.5 Å². The average Bonchev–Trinajstić information content (AvgIpc) is 3.28. The highest BCUT2D eigenvalue weighted by Gasteiger charge is 2.46. The van der Waals surface area contributed by atoms with Gasteiger partial charge in [-0.1, -0.05) is 42.5 Å². The number of fused-ring (bicyclic) bond motifs is 2.